The molecule has 0 aliphatic carbocycles. The molecule has 2 N–H and O–H groups in total. The molecular formula is C8H7NO. The van der Waals surface area contributed by atoms with Crippen molar-refractivity contribution in [3.63, 3.8) is 0 Å². The lowest BCUT2D eigenvalue weighted by Gasteiger charge is -1.93. The summed E-state index contributed by atoms with van der Waals surface area (Å²) in [6, 6.07) is 11.7. The number of rotatable bonds is 1. The normalized spacial score (nSPS) is 7.60. The minimum atomic E-state index is 0.879. The Kier molecular flexibility index (Phi) is 2.22. The van der Waals surface area contributed by atoms with Crippen LogP contribution in [0.4, 0.5) is 5.69 Å². The van der Waals surface area contributed by atoms with Crippen LogP contribution in [0.2, 0.25) is 0 Å². The molecule has 1 rings (SSSR count). The Balaban J connectivity index is 2.64. The number of nitrogens with one attached hydrogen (secondary N) is 1. The summed E-state index contributed by atoms with van der Waals surface area (Å²) >= 11 is 0. The zero-order valence-electron chi connectivity index (χ0n) is 5.33. The fourth-order valence-electron chi connectivity index (χ4n) is 0.622. The number of anilines is 1. The van der Waals surface area contributed by atoms with Crippen molar-refractivity contribution in [2.75, 3.05) is 5.32 Å². The third-order valence-electron chi connectivity index (χ3n) is 1.04. The van der Waals surface area contributed by atoms with Gasteiger partial charge in [0.2, 0.25) is 0 Å². The lowest BCUT2D eigenvalue weighted by molar-refractivity contribution is 0.517. The van der Waals surface area contributed by atoms with Gasteiger partial charge in [-0.2, -0.15) is 0 Å². The fourth-order valence-corrected chi connectivity index (χ4v) is 0.622. The second kappa shape index (κ2) is 3.41. The Morgan fingerprint density at radius 1 is 1.20 bits per heavy atom. The first-order valence-corrected chi connectivity index (χ1v) is 2.88. The third-order valence-corrected chi connectivity index (χ3v) is 1.04. The largest absolute Gasteiger partial charge is 0.461 e. The molecule has 1 aromatic carbocycles. The maximum atomic E-state index is 8.10. The van der Waals surface area contributed by atoms with Gasteiger partial charge in [0, 0.05) is 5.69 Å². The van der Waals surface area contributed by atoms with E-state index in [2.05, 4.69) is 11.4 Å². The Labute approximate surface area is 59.5 Å². The van der Waals surface area contributed by atoms with Crippen molar-refractivity contribution in [1.29, 1.82) is 0 Å². The van der Waals surface area contributed by atoms with Crippen LogP contribution in [0.25, 0.3) is 0 Å². The number of benzene rings is 1. The van der Waals surface area contributed by atoms with Gasteiger partial charge < -0.3 is 10.4 Å². The maximum absolute atomic E-state index is 8.10. The predicted octanol–water partition coefficient (Wildman–Crippen LogP) is 1.39. The van der Waals surface area contributed by atoms with Crippen LogP contribution in [0.3, 0.4) is 0 Å². The molecule has 2 heteroatoms. The van der Waals surface area contributed by atoms with E-state index >= 15 is 0 Å². The Bertz CT molecular complexity index is 245. The van der Waals surface area contributed by atoms with Gasteiger partial charge >= 0.3 is 0 Å². The van der Waals surface area contributed by atoms with Crippen molar-refractivity contribution in [2.24, 2.45) is 0 Å². The summed E-state index contributed by atoms with van der Waals surface area (Å²) in [5.41, 5.74) is 0.879. The number of hydrogen-bond donors (Lipinski definition) is 2. The molecule has 0 saturated carbocycles. The molecule has 0 spiro atoms. The maximum Gasteiger partial charge on any atom is 0.131 e. The highest BCUT2D eigenvalue weighted by Crippen LogP contribution is 2.02. The van der Waals surface area contributed by atoms with Crippen LogP contribution in [-0.2, 0) is 0 Å². The molecule has 1 aromatic rings. The van der Waals surface area contributed by atoms with Crippen LogP contribution < -0.4 is 5.32 Å². The number of hydrogen-bond acceptors (Lipinski definition) is 2. The van der Waals surface area contributed by atoms with Crippen LogP contribution >= 0.6 is 0 Å². The lowest BCUT2D eigenvalue weighted by Crippen LogP contribution is -1.85. The highest BCUT2D eigenvalue weighted by molar-refractivity contribution is 5.46. The quantitative estimate of drug-likeness (QED) is 0.448. The summed E-state index contributed by atoms with van der Waals surface area (Å²) in [6.45, 7) is 0. The molecule has 2 nitrogen and oxygen atoms in total. The predicted molar refractivity (Wildman–Crippen MR) is 39.8 cm³/mol. The zero-order chi connectivity index (χ0) is 7.23. The molecule has 0 aliphatic heterocycles. The number of para-hydroxylation sites is 1. The van der Waals surface area contributed by atoms with E-state index in [9.17, 15) is 0 Å². The van der Waals surface area contributed by atoms with Crippen LogP contribution in [0.1, 0.15) is 0 Å². The third kappa shape index (κ3) is 1.71. The van der Waals surface area contributed by atoms with E-state index in [1.807, 2.05) is 30.3 Å². The van der Waals surface area contributed by atoms with Crippen molar-refractivity contribution in [2.45, 2.75) is 0 Å². The summed E-state index contributed by atoms with van der Waals surface area (Å²) in [5.74, 6) is 0. The Hall–Kier alpha value is -1.62. The molecule has 10 heavy (non-hydrogen) atoms. The molecular weight excluding hydrogens is 126 g/mol. The Morgan fingerprint density at radius 2 is 1.90 bits per heavy atom. The fraction of sp³-hybridized carbons (Fsp3) is 0. The average molecular weight is 133 g/mol. The molecule has 50 valence electrons. The van der Waals surface area contributed by atoms with Crippen molar-refractivity contribution in [3.8, 4) is 12.2 Å². The Morgan fingerprint density at radius 3 is 2.50 bits per heavy atom. The van der Waals surface area contributed by atoms with Crippen LogP contribution in [0.15, 0.2) is 30.3 Å². The number of aliphatic hydroxyl groups excluding tert-OH is 1. The SMILES string of the molecule is OC#CNc1ccccc1. The highest BCUT2D eigenvalue weighted by Gasteiger charge is 1.81. The summed E-state index contributed by atoms with van der Waals surface area (Å²) in [5, 5.41) is 10.8. The standard InChI is InChI=1S/C8H7NO/c10-7-6-9-8-4-2-1-3-5-8/h1-5,9-10H. The molecule has 0 aliphatic rings. The first-order chi connectivity index (χ1) is 4.93. The topological polar surface area (TPSA) is 32.3 Å². The minimum absolute atomic E-state index is 0.879. The van der Waals surface area contributed by atoms with E-state index in [4.69, 9.17) is 5.11 Å². The van der Waals surface area contributed by atoms with Gasteiger partial charge in [0.25, 0.3) is 0 Å². The van der Waals surface area contributed by atoms with E-state index < -0.39 is 0 Å². The van der Waals surface area contributed by atoms with Gasteiger partial charge in [-0.05, 0) is 12.1 Å². The molecule has 0 radical (unpaired) electrons. The van der Waals surface area contributed by atoms with Crippen molar-refractivity contribution in [3.05, 3.63) is 30.3 Å². The minimum Gasteiger partial charge on any atom is -0.461 e. The highest BCUT2D eigenvalue weighted by atomic mass is 16.2. The second-order valence-electron chi connectivity index (χ2n) is 1.73. The van der Waals surface area contributed by atoms with E-state index in [0.29, 0.717) is 0 Å². The number of aliphatic hydroxyl groups is 1. The van der Waals surface area contributed by atoms with Gasteiger partial charge in [0.15, 0.2) is 0 Å². The van der Waals surface area contributed by atoms with Crippen molar-refractivity contribution in [1.82, 2.24) is 0 Å². The molecule has 0 atom stereocenters. The van der Waals surface area contributed by atoms with E-state index in [1.54, 1.807) is 6.11 Å². The van der Waals surface area contributed by atoms with Crippen molar-refractivity contribution >= 4 is 5.69 Å². The van der Waals surface area contributed by atoms with Crippen LogP contribution in [0, 0.1) is 12.2 Å². The monoisotopic (exact) mass is 133 g/mol. The summed E-state index contributed by atoms with van der Waals surface area (Å²) < 4.78 is 0. The molecule has 0 heterocycles. The molecule has 0 saturated heterocycles. The molecule has 0 aromatic heterocycles. The molecule has 0 bridgehead atoms. The smallest absolute Gasteiger partial charge is 0.131 e. The lowest BCUT2D eigenvalue weighted by atomic mass is 10.3. The molecule has 0 fully saturated rings. The van der Waals surface area contributed by atoms with E-state index in [1.165, 1.54) is 0 Å². The van der Waals surface area contributed by atoms with Gasteiger partial charge in [-0.15, -0.1) is 0 Å². The second-order valence-corrected chi connectivity index (χ2v) is 1.73. The van der Waals surface area contributed by atoms with Crippen LogP contribution in [0.5, 0.6) is 0 Å². The van der Waals surface area contributed by atoms with Gasteiger partial charge in [-0.25, -0.2) is 0 Å². The van der Waals surface area contributed by atoms with Crippen molar-refractivity contribution < 1.29 is 5.11 Å². The molecule has 0 unspecified atom stereocenters. The van der Waals surface area contributed by atoms with Gasteiger partial charge in [-0.1, -0.05) is 18.2 Å². The van der Waals surface area contributed by atoms with Gasteiger partial charge in [0.05, 0.1) is 6.04 Å². The molecule has 0 amide bonds. The first kappa shape index (κ1) is 6.50. The summed E-state index contributed by atoms with van der Waals surface area (Å²) in [6.07, 6.45) is 1.76. The summed E-state index contributed by atoms with van der Waals surface area (Å²) in [7, 11) is 0. The van der Waals surface area contributed by atoms with Crippen LogP contribution in [-0.4, -0.2) is 5.11 Å². The average Bonchev–Trinajstić information content (AvgIpc) is 2.03. The van der Waals surface area contributed by atoms with E-state index in [0.717, 1.165) is 5.69 Å². The van der Waals surface area contributed by atoms with Gasteiger partial charge in [-0.3, -0.25) is 0 Å². The first-order valence-electron chi connectivity index (χ1n) is 2.88. The zero-order valence-corrected chi connectivity index (χ0v) is 5.33. The van der Waals surface area contributed by atoms with Gasteiger partial charge in [0.1, 0.15) is 6.11 Å². The van der Waals surface area contributed by atoms with E-state index in [-0.39, 0.29) is 0 Å². The summed E-state index contributed by atoms with van der Waals surface area (Å²) in [4.78, 5) is 0.